The average Bonchev–Trinajstić information content (AvgIpc) is 2.30. The van der Waals surface area contributed by atoms with Gasteiger partial charge in [-0.1, -0.05) is 6.07 Å². The van der Waals surface area contributed by atoms with Crippen molar-refractivity contribution in [3.05, 3.63) is 36.2 Å². The molecular formula is C12H13N3O. The highest BCUT2D eigenvalue weighted by molar-refractivity contribution is 5.67. The summed E-state index contributed by atoms with van der Waals surface area (Å²) < 4.78 is 5.31. The Morgan fingerprint density at radius 1 is 1.19 bits per heavy atom. The molecule has 0 fully saturated rings. The SMILES string of the molecule is COc1cc(C)ccc1-c1cnc(N)cn1. The maximum atomic E-state index is 5.49. The number of hydrogen-bond acceptors (Lipinski definition) is 4. The van der Waals surface area contributed by atoms with Crippen molar-refractivity contribution in [3.8, 4) is 17.0 Å². The van der Waals surface area contributed by atoms with Gasteiger partial charge in [0.2, 0.25) is 0 Å². The minimum atomic E-state index is 0.412. The molecule has 0 radical (unpaired) electrons. The molecule has 0 aliphatic carbocycles. The Balaban J connectivity index is 2.51. The summed E-state index contributed by atoms with van der Waals surface area (Å²) in [5, 5.41) is 0. The number of anilines is 1. The molecule has 4 heteroatoms. The number of nitrogen functional groups attached to an aromatic ring is 1. The average molecular weight is 215 g/mol. The van der Waals surface area contributed by atoms with E-state index in [1.165, 1.54) is 6.20 Å². The molecule has 1 heterocycles. The van der Waals surface area contributed by atoms with Crippen LogP contribution in [0.5, 0.6) is 5.75 Å². The molecule has 16 heavy (non-hydrogen) atoms. The third kappa shape index (κ3) is 1.95. The standard InChI is InChI=1S/C12H13N3O/c1-8-3-4-9(11(5-8)16-2)10-6-15-12(13)7-14-10/h3-7H,1-2H3,(H2,13,15). The molecule has 0 spiro atoms. The lowest BCUT2D eigenvalue weighted by Crippen LogP contribution is -1.94. The number of methoxy groups -OCH3 is 1. The molecule has 0 atom stereocenters. The van der Waals surface area contributed by atoms with Crippen LogP contribution < -0.4 is 10.5 Å². The molecule has 0 unspecified atom stereocenters. The van der Waals surface area contributed by atoms with Crippen LogP contribution in [0.4, 0.5) is 5.82 Å². The molecule has 82 valence electrons. The van der Waals surface area contributed by atoms with Gasteiger partial charge in [0, 0.05) is 5.56 Å². The van der Waals surface area contributed by atoms with Crippen LogP contribution in [0.15, 0.2) is 30.6 Å². The molecular weight excluding hydrogens is 202 g/mol. The lowest BCUT2D eigenvalue weighted by Gasteiger charge is -2.08. The van der Waals surface area contributed by atoms with Crippen molar-refractivity contribution in [2.75, 3.05) is 12.8 Å². The zero-order valence-electron chi connectivity index (χ0n) is 9.27. The van der Waals surface area contributed by atoms with E-state index in [2.05, 4.69) is 9.97 Å². The second-order valence-electron chi connectivity index (χ2n) is 3.53. The fourth-order valence-corrected chi connectivity index (χ4v) is 1.49. The zero-order valence-corrected chi connectivity index (χ0v) is 9.27. The normalized spacial score (nSPS) is 10.1. The van der Waals surface area contributed by atoms with E-state index >= 15 is 0 Å². The first-order valence-electron chi connectivity index (χ1n) is 4.93. The molecule has 2 rings (SSSR count). The third-order valence-electron chi connectivity index (χ3n) is 2.30. The van der Waals surface area contributed by atoms with Crippen LogP contribution in [0.2, 0.25) is 0 Å². The third-order valence-corrected chi connectivity index (χ3v) is 2.30. The van der Waals surface area contributed by atoms with Crippen molar-refractivity contribution in [1.29, 1.82) is 0 Å². The molecule has 0 aliphatic heterocycles. The molecule has 0 aliphatic rings. The first-order valence-corrected chi connectivity index (χ1v) is 4.93. The Morgan fingerprint density at radius 2 is 2.00 bits per heavy atom. The number of hydrogen-bond donors (Lipinski definition) is 1. The highest BCUT2D eigenvalue weighted by Gasteiger charge is 2.07. The fourth-order valence-electron chi connectivity index (χ4n) is 1.49. The molecule has 0 bridgehead atoms. The topological polar surface area (TPSA) is 61.0 Å². The Bertz CT molecular complexity index is 494. The van der Waals surface area contributed by atoms with Gasteiger partial charge in [-0.15, -0.1) is 0 Å². The monoisotopic (exact) mass is 215 g/mol. The number of aromatic nitrogens is 2. The summed E-state index contributed by atoms with van der Waals surface area (Å²) in [6, 6.07) is 5.94. The Hall–Kier alpha value is -2.10. The van der Waals surface area contributed by atoms with Gasteiger partial charge in [-0.3, -0.25) is 4.98 Å². The largest absolute Gasteiger partial charge is 0.496 e. The summed E-state index contributed by atoms with van der Waals surface area (Å²) in [4.78, 5) is 8.23. The van der Waals surface area contributed by atoms with Gasteiger partial charge in [-0.05, 0) is 24.6 Å². The van der Waals surface area contributed by atoms with Crippen LogP contribution in [-0.2, 0) is 0 Å². The number of nitrogens with two attached hydrogens (primary N) is 1. The first kappa shape index (κ1) is 10.4. The quantitative estimate of drug-likeness (QED) is 0.832. The molecule has 2 N–H and O–H groups in total. The van der Waals surface area contributed by atoms with Crippen molar-refractivity contribution in [2.45, 2.75) is 6.92 Å². The predicted octanol–water partition coefficient (Wildman–Crippen LogP) is 2.04. The highest BCUT2D eigenvalue weighted by atomic mass is 16.5. The Kier molecular flexibility index (Phi) is 2.72. The number of rotatable bonds is 2. The van der Waals surface area contributed by atoms with Crippen molar-refractivity contribution in [2.24, 2.45) is 0 Å². The van der Waals surface area contributed by atoms with Crippen LogP contribution in [-0.4, -0.2) is 17.1 Å². The van der Waals surface area contributed by atoms with Crippen LogP contribution >= 0.6 is 0 Å². The van der Waals surface area contributed by atoms with Gasteiger partial charge < -0.3 is 10.5 Å². The van der Waals surface area contributed by atoms with E-state index in [1.54, 1.807) is 13.3 Å². The molecule has 2 aromatic rings. The summed E-state index contributed by atoms with van der Waals surface area (Å²) >= 11 is 0. The van der Waals surface area contributed by atoms with Crippen LogP contribution in [0.1, 0.15) is 5.56 Å². The molecule has 1 aromatic heterocycles. The van der Waals surface area contributed by atoms with Gasteiger partial charge >= 0.3 is 0 Å². The van der Waals surface area contributed by atoms with Crippen LogP contribution in [0.25, 0.3) is 11.3 Å². The summed E-state index contributed by atoms with van der Waals surface area (Å²) in [7, 11) is 1.64. The lowest BCUT2D eigenvalue weighted by atomic mass is 10.1. The van der Waals surface area contributed by atoms with E-state index in [9.17, 15) is 0 Å². The number of aryl methyl sites for hydroxylation is 1. The van der Waals surface area contributed by atoms with Crippen molar-refractivity contribution >= 4 is 5.82 Å². The number of nitrogens with zero attached hydrogens (tertiary/aromatic N) is 2. The van der Waals surface area contributed by atoms with Crippen LogP contribution in [0.3, 0.4) is 0 Å². The van der Waals surface area contributed by atoms with Gasteiger partial charge in [0.1, 0.15) is 11.6 Å². The zero-order chi connectivity index (χ0) is 11.5. The van der Waals surface area contributed by atoms with Crippen molar-refractivity contribution < 1.29 is 4.74 Å². The molecule has 1 aromatic carbocycles. The maximum Gasteiger partial charge on any atom is 0.141 e. The second-order valence-corrected chi connectivity index (χ2v) is 3.53. The summed E-state index contributed by atoms with van der Waals surface area (Å²) in [6.07, 6.45) is 3.18. The van der Waals surface area contributed by atoms with Gasteiger partial charge in [0.25, 0.3) is 0 Å². The molecule has 0 saturated carbocycles. The Labute approximate surface area is 94.1 Å². The van der Waals surface area contributed by atoms with Gasteiger partial charge in [0.05, 0.1) is 25.2 Å². The molecule has 0 saturated heterocycles. The van der Waals surface area contributed by atoms with E-state index < -0.39 is 0 Å². The smallest absolute Gasteiger partial charge is 0.141 e. The van der Waals surface area contributed by atoms with E-state index in [-0.39, 0.29) is 0 Å². The number of ether oxygens (including phenoxy) is 1. The number of benzene rings is 1. The van der Waals surface area contributed by atoms with Crippen molar-refractivity contribution in [1.82, 2.24) is 9.97 Å². The maximum absolute atomic E-state index is 5.49. The van der Waals surface area contributed by atoms with Crippen LogP contribution in [0, 0.1) is 6.92 Å². The van der Waals surface area contributed by atoms with E-state index in [1.807, 2.05) is 25.1 Å². The summed E-state index contributed by atoms with van der Waals surface area (Å²) in [5.74, 6) is 1.20. The predicted molar refractivity (Wildman–Crippen MR) is 63.2 cm³/mol. The van der Waals surface area contributed by atoms with Gasteiger partial charge in [-0.2, -0.15) is 0 Å². The highest BCUT2D eigenvalue weighted by Crippen LogP contribution is 2.28. The molecule has 0 amide bonds. The van der Waals surface area contributed by atoms with Crippen molar-refractivity contribution in [3.63, 3.8) is 0 Å². The fraction of sp³-hybridized carbons (Fsp3) is 0.167. The van der Waals surface area contributed by atoms with Gasteiger partial charge in [0.15, 0.2) is 0 Å². The molecule has 4 nitrogen and oxygen atoms in total. The minimum Gasteiger partial charge on any atom is -0.496 e. The van der Waals surface area contributed by atoms with E-state index in [4.69, 9.17) is 10.5 Å². The van der Waals surface area contributed by atoms with E-state index in [0.717, 1.165) is 22.6 Å². The van der Waals surface area contributed by atoms with Gasteiger partial charge in [-0.25, -0.2) is 4.98 Å². The Morgan fingerprint density at radius 3 is 2.62 bits per heavy atom. The van der Waals surface area contributed by atoms with E-state index in [0.29, 0.717) is 5.82 Å². The lowest BCUT2D eigenvalue weighted by molar-refractivity contribution is 0.416. The first-order chi connectivity index (χ1) is 7.70. The minimum absolute atomic E-state index is 0.412. The second kappa shape index (κ2) is 4.18. The summed E-state index contributed by atoms with van der Waals surface area (Å²) in [5.41, 5.74) is 8.31. The summed E-state index contributed by atoms with van der Waals surface area (Å²) in [6.45, 7) is 2.01.